The maximum absolute atomic E-state index is 5.91. The lowest BCUT2D eigenvalue weighted by atomic mass is 10.2. The first-order valence-electron chi connectivity index (χ1n) is 3.46. The number of aromatic nitrogens is 4. The SMILES string of the molecule is Clc1ccc(-c2nn[nH]n2)c(Cl)c1. The molecule has 0 aliphatic rings. The third-order valence-corrected chi connectivity index (χ3v) is 2.07. The average molecular weight is 215 g/mol. The molecule has 0 saturated heterocycles. The number of H-pyrrole nitrogens is 1. The maximum Gasteiger partial charge on any atom is 0.206 e. The molecule has 0 radical (unpaired) electrons. The van der Waals surface area contributed by atoms with Crippen molar-refractivity contribution in [3.63, 3.8) is 0 Å². The zero-order valence-electron chi connectivity index (χ0n) is 6.33. The summed E-state index contributed by atoms with van der Waals surface area (Å²) in [5.41, 5.74) is 0.708. The molecule has 66 valence electrons. The number of tetrazole rings is 1. The number of hydrogen-bond acceptors (Lipinski definition) is 3. The van der Waals surface area contributed by atoms with Crippen molar-refractivity contribution < 1.29 is 0 Å². The minimum atomic E-state index is 0.460. The van der Waals surface area contributed by atoms with E-state index in [9.17, 15) is 0 Å². The Morgan fingerprint density at radius 3 is 2.69 bits per heavy atom. The van der Waals surface area contributed by atoms with E-state index in [1.54, 1.807) is 18.2 Å². The van der Waals surface area contributed by atoms with Crippen LogP contribution in [0.25, 0.3) is 11.4 Å². The summed E-state index contributed by atoms with van der Waals surface area (Å²) in [5.74, 6) is 0.460. The van der Waals surface area contributed by atoms with Gasteiger partial charge in [-0.05, 0) is 23.4 Å². The number of nitrogens with zero attached hydrogens (tertiary/aromatic N) is 3. The summed E-state index contributed by atoms with van der Waals surface area (Å²) >= 11 is 11.6. The Balaban J connectivity index is 2.53. The van der Waals surface area contributed by atoms with E-state index < -0.39 is 0 Å². The van der Waals surface area contributed by atoms with E-state index in [1.165, 1.54) is 0 Å². The monoisotopic (exact) mass is 214 g/mol. The Bertz CT molecular complexity index is 412. The molecule has 6 heteroatoms. The van der Waals surface area contributed by atoms with Crippen molar-refractivity contribution >= 4 is 23.2 Å². The zero-order chi connectivity index (χ0) is 9.26. The van der Waals surface area contributed by atoms with Gasteiger partial charge in [0.25, 0.3) is 0 Å². The topological polar surface area (TPSA) is 54.5 Å². The molecule has 0 aliphatic carbocycles. The third kappa shape index (κ3) is 1.64. The van der Waals surface area contributed by atoms with E-state index in [2.05, 4.69) is 20.6 Å². The number of nitrogens with one attached hydrogen (secondary N) is 1. The lowest BCUT2D eigenvalue weighted by Crippen LogP contribution is -1.82. The number of benzene rings is 1. The highest BCUT2D eigenvalue weighted by molar-refractivity contribution is 6.36. The number of hydrogen-bond donors (Lipinski definition) is 1. The van der Waals surface area contributed by atoms with Gasteiger partial charge in [-0.3, -0.25) is 0 Å². The summed E-state index contributed by atoms with van der Waals surface area (Å²) in [7, 11) is 0. The fourth-order valence-corrected chi connectivity index (χ4v) is 1.44. The van der Waals surface area contributed by atoms with E-state index >= 15 is 0 Å². The second kappa shape index (κ2) is 3.32. The van der Waals surface area contributed by atoms with Crippen LogP contribution in [0.15, 0.2) is 18.2 Å². The van der Waals surface area contributed by atoms with Crippen molar-refractivity contribution in [3.8, 4) is 11.4 Å². The van der Waals surface area contributed by atoms with Gasteiger partial charge < -0.3 is 0 Å². The van der Waals surface area contributed by atoms with Gasteiger partial charge in [0.15, 0.2) is 0 Å². The van der Waals surface area contributed by atoms with Crippen molar-refractivity contribution in [2.24, 2.45) is 0 Å². The van der Waals surface area contributed by atoms with Crippen molar-refractivity contribution in [1.29, 1.82) is 0 Å². The van der Waals surface area contributed by atoms with Gasteiger partial charge in [0.2, 0.25) is 5.82 Å². The van der Waals surface area contributed by atoms with Crippen LogP contribution >= 0.6 is 23.2 Å². The van der Waals surface area contributed by atoms with Crippen LogP contribution in [0.1, 0.15) is 0 Å². The second-order valence-electron chi connectivity index (χ2n) is 2.36. The van der Waals surface area contributed by atoms with Gasteiger partial charge in [-0.15, -0.1) is 10.2 Å². The van der Waals surface area contributed by atoms with Gasteiger partial charge in [0.1, 0.15) is 0 Å². The molecule has 0 amide bonds. The van der Waals surface area contributed by atoms with Gasteiger partial charge in [-0.1, -0.05) is 23.2 Å². The van der Waals surface area contributed by atoms with Gasteiger partial charge in [-0.2, -0.15) is 5.21 Å². The first-order valence-corrected chi connectivity index (χ1v) is 4.22. The molecule has 0 atom stereocenters. The third-order valence-electron chi connectivity index (χ3n) is 1.52. The maximum atomic E-state index is 5.91. The van der Waals surface area contributed by atoms with Crippen LogP contribution in [-0.2, 0) is 0 Å². The highest BCUT2D eigenvalue weighted by Gasteiger charge is 2.07. The quantitative estimate of drug-likeness (QED) is 0.792. The minimum absolute atomic E-state index is 0.460. The summed E-state index contributed by atoms with van der Waals surface area (Å²) in [6.07, 6.45) is 0. The summed E-state index contributed by atoms with van der Waals surface area (Å²) in [6, 6.07) is 5.10. The first-order chi connectivity index (χ1) is 6.27. The van der Waals surface area contributed by atoms with Crippen LogP contribution in [0.2, 0.25) is 10.0 Å². The molecule has 0 spiro atoms. The molecular weight excluding hydrogens is 211 g/mol. The Hall–Kier alpha value is -1.13. The van der Waals surface area contributed by atoms with Crippen LogP contribution in [0.4, 0.5) is 0 Å². The van der Waals surface area contributed by atoms with E-state index in [-0.39, 0.29) is 0 Å². The van der Waals surface area contributed by atoms with Gasteiger partial charge >= 0.3 is 0 Å². The van der Waals surface area contributed by atoms with Crippen molar-refractivity contribution in [2.75, 3.05) is 0 Å². The van der Waals surface area contributed by atoms with Crippen LogP contribution in [0, 0.1) is 0 Å². The van der Waals surface area contributed by atoms with Crippen LogP contribution in [0.3, 0.4) is 0 Å². The first kappa shape index (κ1) is 8.47. The van der Waals surface area contributed by atoms with Crippen LogP contribution in [-0.4, -0.2) is 20.6 Å². The normalized spacial score (nSPS) is 10.3. The van der Waals surface area contributed by atoms with Crippen molar-refractivity contribution in [1.82, 2.24) is 20.6 Å². The largest absolute Gasteiger partial charge is 0.206 e. The molecule has 1 N–H and O–H groups in total. The summed E-state index contributed by atoms with van der Waals surface area (Å²) in [5, 5.41) is 14.5. The molecule has 1 aromatic carbocycles. The summed E-state index contributed by atoms with van der Waals surface area (Å²) < 4.78 is 0. The van der Waals surface area contributed by atoms with Crippen molar-refractivity contribution in [2.45, 2.75) is 0 Å². The number of aromatic amines is 1. The summed E-state index contributed by atoms with van der Waals surface area (Å²) in [4.78, 5) is 0. The average Bonchev–Trinajstić information content (AvgIpc) is 2.56. The molecule has 0 fully saturated rings. The Morgan fingerprint density at radius 2 is 2.08 bits per heavy atom. The number of halogens is 2. The van der Waals surface area contributed by atoms with Crippen LogP contribution in [0.5, 0.6) is 0 Å². The summed E-state index contributed by atoms with van der Waals surface area (Å²) in [6.45, 7) is 0. The molecule has 0 saturated carbocycles. The standard InChI is InChI=1S/C7H4Cl2N4/c8-4-1-2-5(6(9)3-4)7-10-12-13-11-7/h1-3H,(H,10,11,12,13). The molecular formula is C7H4Cl2N4. The molecule has 13 heavy (non-hydrogen) atoms. The van der Waals surface area contributed by atoms with E-state index in [0.717, 1.165) is 0 Å². The molecule has 4 nitrogen and oxygen atoms in total. The molecule has 0 aliphatic heterocycles. The molecule has 0 bridgehead atoms. The predicted octanol–water partition coefficient (Wildman–Crippen LogP) is 2.17. The zero-order valence-corrected chi connectivity index (χ0v) is 7.84. The smallest absolute Gasteiger partial charge is 0.177 e. The highest BCUT2D eigenvalue weighted by Crippen LogP contribution is 2.27. The van der Waals surface area contributed by atoms with Gasteiger partial charge in [0, 0.05) is 10.6 Å². The predicted molar refractivity (Wildman–Crippen MR) is 49.6 cm³/mol. The Labute approximate surface area is 83.9 Å². The lowest BCUT2D eigenvalue weighted by Gasteiger charge is -1.97. The fourth-order valence-electron chi connectivity index (χ4n) is 0.947. The Morgan fingerprint density at radius 1 is 1.23 bits per heavy atom. The fraction of sp³-hybridized carbons (Fsp3) is 0. The van der Waals surface area contributed by atoms with E-state index in [0.29, 0.717) is 21.4 Å². The lowest BCUT2D eigenvalue weighted by molar-refractivity contribution is 0.881. The molecule has 1 aromatic heterocycles. The molecule has 2 rings (SSSR count). The van der Waals surface area contributed by atoms with Crippen LogP contribution < -0.4 is 0 Å². The van der Waals surface area contributed by atoms with Gasteiger partial charge in [0.05, 0.1) is 5.02 Å². The molecule has 0 unspecified atom stereocenters. The Kier molecular flexibility index (Phi) is 2.16. The number of rotatable bonds is 1. The van der Waals surface area contributed by atoms with E-state index in [4.69, 9.17) is 23.2 Å². The van der Waals surface area contributed by atoms with E-state index in [1.807, 2.05) is 0 Å². The van der Waals surface area contributed by atoms with Crippen molar-refractivity contribution in [3.05, 3.63) is 28.2 Å². The second-order valence-corrected chi connectivity index (χ2v) is 3.20. The molecule has 2 aromatic rings. The minimum Gasteiger partial charge on any atom is -0.177 e. The van der Waals surface area contributed by atoms with Gasteiger partial charge in [-0.25, -0.2) is 0 Å². The molecule has 1 heterocycles. The highest BCUT2D eigenvalue weighted by atomic mass is 35.5.